The van der Waals surface area contributed by atoms with Gasteiger partial charge in [0.25, 0.3) is 5.91 Å². The molecule has 1 heterocycles. The van der Waals surface area contributed by atoms with Crippen LogP contribution in [0, 0.1) is 6.92 Å². The number of nitrogens with one attached hydrogen (secondary N) is 1. The molecule has 3 rings (SSSR count). The summed E-state index contributed by atoms with van der Waals surface area (Å²) in [7, 11) is 1.92. The van der Waals surface area contributed by atoms with E-state index in [1.807, 2.05) is 54.9 Å². The molecule has 1 N–H and O–H groups in total. The molecule has 3 aromatic rings. The second kappa shape index (κ2) is 7.01. The summed E-state index contributed by atoms with van der Waals surface area (Å²) in [5, 5.41) is 4.13. The van der Waals surface area contributed by atoms with Crippen molar-refractivity contribution in [2.75, 3.05) is 23.3 Å². The van der Waals surface area contributed by atoms with Gasteiger partial charge in [0.2, 0.25) is 0 Å². The van der Waals surface area contributed by atoms with E-state index < -0.39 is 0 Å². The largest absolute Gasteiger partial charge is 0.372 e. The number of carbonyl (C=O) groups excluding carboxylic acids is 1. The summed E-state index contributed by atoms with van der Waals surface area (Å²) < 4.78 is 1.93. The molecule has 2 aromatic carbocycles. The quantitative estimate of drug-likeness (QED) is 0.741. The zero-order valence-corrected chi connectivity index (χ0v) is 15.3. The van der Waals surface area contributed by atoms with Crippen molar-refractivity contribution in [2.24, 2.45) is 7.05 Å². The maximum Gasteiger partial charge on any atom is 0.272 e. The maximum atomic E-state index is 12.7. The van der Waals surface area contributed by atoms with Crippen LogP contribution in [0.5, 0.6) is 0 Å². The van der Waals surface area contributed by atoms with Gasteiger partial charge in [0, 0.05) is 42.4 Å². The van der Waals surface area contributed by atoms with Crippen LogP contribution in [0.2, 0.25) is 0 Å². The zero-order chi connectivity index (χ0) is 18.0. The van der Waals surface area contributed by atoms with Crippen molar-refractivity contribution in [1.82, 2.24) is 4.57 Å². The number of nitrogens with zero attached hydrogens (tertiary/aromatic N) is 2. The molecular formula is C21H25N3O. The van der Waals surface area contributed by atoms with Gasteiger partial charge in [-0.3, -0.25) is 4.79 Å². The highest BCUT2D eigenvalue weighted by molar-refractivity contribution is 6.06. The second-order valence-electron chi connectivity index (χ2n) is 6.27. The third-order valence-electron chi connectivity index (χ3n) is 4.77. The molecule has 130 valence electrons. The Labute approximate surface area is 149 Å². The van der Waals surface area contributed by atoms with Crippen LogP contribution in [0.3, 0.4) is 0 Å². The van der Waals surface area contributed by atoms with E-state index in [-0.39, 0.29) is 5.91 Å². The minimum atomic E-state index is -0.0858. The highest BCUT2D eigenvalue weighted by atomic mass is 16.1. The summed E-state index contributed by atoms with van der Waals surface area (Å²) in [6.45, 7) is 8.27. The van der Waals surface area contributed by atoms with Crippen LogP contribution in [0.15, 0.2) is 48.5 Å². The molecule has 4 heteroatoms. The fourth-order valence-corrected chi connectivity index (χ4v) is 3.27. The van der Waals surface area contributed by atoms with Gasteiger partial charge in [-0.1, -0.05) is 18.2 Å². The molecular weight excluding hydrogens is 310 g/mol. The number of benzene rings is 2. The lowest BCUT2D eigenvalue weighted by atomic mass is 10.1. The maximum absolute atomic E-state index is 12.7. The Balaban J connectivity index is 1.86. The van der Waals surface area contributed by atoms with E-state index in [2.05, 4.69) is 36.2 Å². The van der Waals surface area contributed by atoms with Gasteiger partial charge < -0.3 is 14.8 Å². The smallest absolute Gasteiger partial charge is 0.272 e. The highest BCUT2D eigenvalue weighted by Gasteiger charge is 2.14. The topological polar surface area (TPSA) is 37.3 Å². The SMILES string of the molecule is CCN(CC)c1ccc(NC(=O)c2cc3ccccc3n2C)c(C)c1. The fraction of sp³-hybridized carbons (Fsp3) is 0.286. The first-order valence-corrected chi connectivity index (χ1v) is 8.76. The fourth-order valence-electron chi connectivity index (χ4n) is 3.27. The van der Waals surface area contributed by atoms with Gasteiger partial charge in [-0.25, -0.2) is 0 Å². The monoisotopic (exact) mass is 335 g/mol. The van der Waals surface area contributed by atoms with E-state index in [4.69, 9.17) is 0 Å². The summed E-state index contributed by atoms with van der Waals surface area (Å²) in [6, 6.07) is 16.1. The van der Waals surface area contributed by atoms with Crippen LogP contribution < -0.4 is 10.2 Å². The van der Waals surface area contributed by atoms with Crippen molar-refractivity contribution >= 4 is 28.2 Å². The molecule has 0 aliphatic rings. The number of fused-ring (bicyclic) bond motifs is 1. The molecule has 0 saturated carbocycles. The number of aryl methyl sites for hydroxylation is 2. The molecule has 1 aromatic heterocycles. The number of amides is 1. The predicted octanol–water partition coefficient (Wildman–Crippen LogP) is 4.59. The number of para-hydroxylation sites is 1. The number of anilines is 2. The van der Waals surface area contributed by atoms with E-state index in [1.165, 1.54) is 5.69 Å². The van der Waals surface area contributed by atoms with E-state index in [9.17, 15) is 4.79 Å². The van der Waals surface area contributed by atoms with Gasteiger partial charge in [-0.05, 0) is 56.7 Å². The average Bonchev–Trinajstić information content (AvgIpc) is 2.95. The van der Waals surface area contributed by atoms with Crippen molar-refractivity contribution in [3.05, 3.63) is 59.8 Å². The summed E-state index contributed by atoms with van der Waals surface area (Å²) in [5.74, 6) is -0.0858. The van der Waals surface area contributed by atoms with Gasteiger partial charge in [-0.15, -0.1) is 0 Å². The number of carbonyl (C=O) groups is 1. The van der Waals surface area contributed by atoms with Crippen molar-refractivity contribution in [3.8, 4) is 0 Å². The number of rotatable bonds is 5. The Morgan fingerprint density at radius 2 is 1.80 bits per heavy atom. The lowest BCUT2D eigenvalue weighted by molar-refractivity contribution is 0.101. The third-order valence-corrected chi connectivity index (χ3v) is 4.77. The highest BCUT2D eigenvalue weighted by Crippen LogP contribution is 2.24. The van der Waals surface area contributed by atoms with E-state index in [0.29, 0.717) is 5.69 Å². The summed E-state index contributed by atoms with van der Waals surface area (Å²) >= 11 is 0. The molecule has 0 saturated heterocycles. The number of hydrogen-bond acceptors (Lipinski definition) is 2. The van der Waals surface area contributed by atoms with Crippen molar-refractivity contribution < 1.29 is 4.79 Å². The van der Waals surface area contributed by atoms with E-state index >= 15 is 0 Å². The molecule has 1 amide bonds. The molecule has 0 aliphatic heterocycles. The van der Waals surface area contributed by atoms with Gasteiger partial charge in [0.1, 0.15) is 5.69 Å². The Bertz CT molecular complexity index is 907. The molecule has 0 spiro atoms. The lowest BCUT2D eigenvalue weighted by Gasteiger charge is -2.22. The summed E-state index contributed by atoms with van der Waals surface area (Å²) in [5.41, 5.74) is 4.82. The molecule has 0 bridgehead atoms. The first-order valence-electron chi connectivity index (χ1n) is 8.76. The summed E-state index contributed by atoms with van der Waals surface area (Å²) in [6.07, 6.45) is 0. The third kappa shape index (κ3) is 3.25. The van der Waals surface area contributed by atoms with Gasteiger partial charge in [0.05, 0.1) is 0 Å². The van der Waals surface area contributed by atoms with Crippen LogP contribution in [0.4, 0.5) is 11.4 Å². The predicted molar refractivity (Wildman–Crippen MR) is 106 cm³/mol. The van der Waals surface area contributed by atoms with Crippen LogP contribution in [-0.2, 0) is 7.05 Å². The molecule has 25 heavy (non-hydrogen) atoms. The first kappa shape index (κ1) is 17.1. The average molecular weight is 335 g/mol. The Morgan fingerprint density at radius 3 is 2.44 bits per heavy atom. The molecule has 0 atom stereocenters. The van der Waals surface area contributed by atoms with Gasteiger partial charge in [-0.2, -0.15) is 0 Å². The minimum absolute atomic E-state index is 0.0858. The lowest BCUT2D eigenvalue weighted by Crippen LogP contribution is -2.22. The van der Waals surface area contributed by atoms with Crippen LogP contribution >= 0.6 is 0 Å². The normalized spacial score (nSPS) is 10.9. The second-order valence-corrected chi connectivity index (χ2v) is 6.27. The zero-order valence-electron chi connectivity index (χ0n) is 15.3. The van der Waals surface area contributed by atoms with Crippen molar-refractivity contribution in [1.29, 1.82) is 0 Å². The Morgan fingerprint density at radius 1 is 1.08 bits per heavy atom. The molecule has 0 aliphatic carbocycles. The standard InChI is InChI=1S/C21H25N3O/c1-5-24(6-2)17-11-12-18(15(3)13-17)22-21(25)20-14-16-9-7-8-10-19(16)23(20)4/h7-14H,5-6H2,1-4H3,(H,22,25). The number of hydrogen-bond donors (Lipinski definition) is 1. The molecule has 0 fully saturated rings. The van der Waals surface area contributed by atoms with E-state index in [0.717, 1.165) is 35.2 Å². The van der Waals surface area contributed by atoms with Crippen molar-refractivity contribution in [2.45, 2.75) is 20.8 Å². The van der Waals surface area contributed by atoms with Crippen LogP contribution in [-0.4, -0.2) is 23.6 Å². The van der Waals surface area contributed by atoms with Crippen molar-refractivity contribution in [3.63, 3.8) is 0 Å². The van der Waals surface area contributed by atoms with Gasteiger partial charge in [0.15, 0.2) is 0 Å². The number of aromatic nitrogens is 1. The molecule has 0 unspecified atom stereocenters. The van der Waals surface area contributed by atoms with Gasteiger partial charge >= 0.3 is 0 Å². The Kier molecular flexibility index (Phi) is 4.79. The van der Waals surface area contributed by atoms with Crippen LogP contribution in [0.1, 0.15) is 29.9 Å². The Hall–Kier alpha value is -2.75. The first-order chi connectivity index (χ1) is 12.0. The molecule has 4 nitrogen and oxygen atoms in total. The van der Waals surface area contributed by atoms with Crippen LogP contribution in [0.25, 0.3) is 10.9 Å². The molecule has 0 radical (unpaired) electrons. The summed E-state index contributed by atoms with van der Waals surface area (Å²) in [4.78, 5) is 15.0. The minimum Gasteiger partial charge on any atom is -0.372 e. The van der Waals surface area contributed by atoms with E-state index in [1.54, 1.807) is 0 Å².